The molecule has 1 aromatic heterocycles. The second kappa shape index (κ2) is 6.79. The Kier molecular flexibility index (Phi) is 5.37. The van der Waals surface area contributed by atoms with Gasteiger partial charge in [-0.05, 0) is 11.6 Å². The minimum Gasteiger partial charge on any atom is -0.353 e. The fraction of sp³-hybridized carbons (Fsp3) is 0.364. The van der Waals surface area contributed by atoms with Crippen LogP contribution in [0.5, 0.6) is 0 Å². The average Bonchev–Trinajstić information content (AvgIpc) is 2.37. The maximum Gasteiger partial charge on any atom is 0.323 e. The first kappa shape index (κ1) is 15.0. The van der Waals surface area contributed by atoms with E-state index in [2.05, 4.69) is 9.98 Å². The summed E-state index contributed by atoms with van der Waals surface area (Å²) >= 11 is 5.67. The van der Waals surface area contributed by atoms with Crippen LogP contribution in [0.25, 0.3) is 0 Å². The van der Waals surface area contributed by atoms with Crippen LogP contribution in [-0.4, -0.2) is 47.1 Å². The lowest BCUT2D eigenvalue weighted by molar-refractivity contribution is -0.488. The highest BCUT2D eigenvalue weighted by Crippen LogP contribution is 2.09. The predicted molar refractivity (Wildman–Crippen MR) is 70.9 cm³/mol. The third-order valence-electron chi connectivity index (χ3n) is 2.45. The van der Waals surface area contributed by atoms with Crippen LogP contribution < -0.4 is 0 Å². The zero-order valence-corrected chi connectivity index (χ0v) is 11.2. The molecule has 0 bridgehead atoms. The fourth-order valence-corrected chi connectivity index (χ4v) is 1.70. The SMILES string of the molecule is CN=C(C(C=O)[N+](=O)[O-])N(C)Cc1ccc(Cl)nc1. The van der Waals surface area contributed by atoms with Gasteiger partial charge < -0.3 is 4.90 Å². The summed E-state index contributed by atoms with van der Waals surface area (Å²) in [5.41, 5.74) is 0.807. The van der Waals surface area contributed by atoms with Crippen LogP contribution in [0.1, 0.15) is 5.56 Å². The summed E-state index contributed by atoms with van der Waals surface area (Å²) in [6.45, 7) is 0.342. The normalized spacial score (nSPS) is 12.9. The van der Waals surface area contributed by atoms with Crippen molar-refractivity contribution < 1.29 is 9.72 Å². The van der Waals surface area contributed by atoms with Crippen molar-refractivity contribution in [3.8, 4) is 0 Å². The van der Waals surface area contributed by atoms with E-state index in [1.807, 2.05) is 0 Å². The van der Waals surface area contributed by atoms with E-state index in [1.54, 1.807) is 25.4 Å². The van der Waals surface area contributed by atoms with Crippen LogP contribution in [0.2, 0.25) is 5.15 Å². The summed E-state index contributed by atoms with van der Waals surface area (Å²) in [6, 6.07) is 1.91. The van der Waals surface area contributed by atoms with Crippen LogP contribution >= 0.6 is 11.6 Å². The van der Waals surface area contributed by atoms with Crippen molar-refractivity contribution in [1.82, 2.24) is 9.88 Å². The number of carbonyl (C=O) groups is 1. The number of halogens is 1. The molecule has 19 heavy (non-hydrogen) atoms. The Bertz CT molecular complexity index is 489. The average molecular weight is 285 g/mol. The lowest BCUT2D eigenvalue weighted by atomic mass is 10.2. The smallest absolute Gasteiger partial charge is 0.323 e. The number of rotatable bonds is 5. The van der Waals surface area contributed by atoms with Crippen LogP contribution in [0.15, 0.2) is 23.3 Å². The molecule has 0 aliphatic carbocycles. The van der Waals surface area contributed by atoms with Gasteiger partial charge in [0.05, 0.1) is 0 Å². The van der Waals surface area contributed by atoms with Crippen LogP contribution in [0.3, 0.4) is 0 Å². The number of aliphatic imine (C=N–C) groups is 1. The number of carbonyl (C=O) groups excluding carboxylic acids is 1. The van der Waals surface area contributed by atoms with Gasteiger partial charge in [0.25, 0.3) is 0 Å². The molecule has 0 spiro atoms. The summed E-state index contributed by atoms with van der Waals surface area (Å²) < 4.78 is 0. The molecule has 0 saturated carbocycles. The summed E-state index contributed by atoms with van der Waals surface area (Å²) in [6.07, 6.45) is 1.83. The molecule has 8 heteroatoms. The monoisotopic (exact) mass is 284 g/mol. The molecular formula is C11H13ClN4O3. The number of nitro groups is 1. The fourth-order valence-electron chi connectivity index (χ4n) is 1.59. The molecule has 1 unspecified atom stereocenters. The highest BCUT2D eigenvalue weighted by molar-refractivity contribution is 6.29. The summed E-state index contributed by atoms with van der Waals surface area (Å²) in [5, 5.41) is 11.1. The Balaban J connectivity index is 2.85. The molecule has 102 valence electrons. The second-order valence-corrected chi connectivity index (χ2v) is 4.18. The van der Waals surface area contributed by atoms with Gasteiger partial charge in [-0.2, -0.15) is 0 Å². The van der Waals surface area contributed by atoms with Gasteiger partial charge in [-0.1, -0.05) is 17.7 Å². The minimum absolute atomic E-state index is 0.0925. The zero-order valence-electron chi connectivity index (χ0n) is 10.5. The van der Waals surface area contributed by atoms with E-state index in [9.17, 15) is 14.9 Å². The molecular weight excluding hydrogens is 272 g/mol. The molecule has 1 aromatic rings. The molecule has 0 radical (unpaired) electrons. The molecule has 0 N–H and O–H groups in total. The number of likely N-dealkylation sites (N-methyl/N-ethyl adjacent to an activating group) is 1. The maximum atomic E-state index is 10.8. The van der Waals surface area contributed by atoms with Crippen LogP contribution in [-0.2, 0) is 11.3 Å². The standard InChI is InChI=1S/C11H13ClN4O3/c1-13-11(9(7-17)16(18)19)15(2)6-8-3-4-10(12)14-5-8/h3-5,7,9H,6H2,1-2H3. The molecule has 1 rings (SSSR count). The number of aldehydes is 1. The second-order valence-electron chi connectivity index (χ2n) is 3.79. The van der Waals surface area contributed by atoms with E-state index in [-0.39, 0.29) is 12.1 Å². The van der Waals surface area contributed by atoms with E-state index in [1.165, 1.54) is 11.9 Å². The van der Waals surface area contributed by atoms with Gasteiger partial charge in [-0.15, -0.1) is 0 Å². The summed E-state index contributed by atoms with van der Waals surface area (Å²) in [4.78, 5) is 30.1. The van der Waals surface area contributed by atoms with Crippen molar-refractivity contribution in [3.63, 3.8) is 0 Å². The number of nitrogens with zero attached hydrogens (tertiary/aromatic N) is 4. The van der Waals surface area contributed by atoms with Crippen molar-refractivity contribution in [3.05, 3.63) is 39.2 Å². The van der Waals surface area contributed by atoms with Crippen molar-refractivity contribution in [2.24, 2.45) is 4.99 Å². The van der Waals surface area contributed by atoms with E-state index in [0.29, 0.717) is 11.7 Å². The van der Waals surface area contributed by atoms with Crippen molar-refractivity contribution in [2.45, 2.75) is 12.6 Å². The minimum atomic E-state index is -1.46. The molecule has 0 aliphatic rings. The molecule has 0 aliphatic heterocycles. The van der Waals surface area contributed by atoms with Crippen molar-refractivity contribution in [2.75, 3.05) is 14.1 Å². The number of amidine groups is 1. The topological polar surface area (TPSA) is 88.7 Å². The van der Waals surface area contributed by atoms with Gasteiger partial charge in [0, 0.05) is 31.8 Å². The third-order valence-corrected chi connectivity index (χ3v) is 2.67. The Morgan fingerprint density at radius 3 is 2.79 bits per heavy atom. The number of hydrogen-bond acceptors (Lipinski definition) is 5. The first-order valence-corrected chi connectivity index (χ1v) is 5.74. The Morgan fingerprint density at radius 1 is 1.68 bits per heavy atom. The van der Waals surface area contributed by atoms with E-state index < -0.39 is 11.0 Å². The van der Waals surface area contributed by atoms with Gasteiger partial charge >= 0.3 is 6.04 Å². The van der Waals surface area contributed by atoms with Crippen molar-refractivity contribution >= 4 is 23.7 Å². The lowest BCUT2D eigenvalue weighted by Crippen LogP contribution is -2.41. The van der Waals surface area contributed by atoms with Gasteiger partial charge in [0.2, 0.25) is 6.29 Å². The highest BCUT2D eigenvalue weighted by atomic mass is 35.5. The molecule has 0 aromatic carbocycles. The van der Waals surface area contributed by atoms with Gasteiger partial charge in [0.15, 0.2) is 5.84 Å². The molecule has 0 amide bonds. The van der Waals surface area contributed by atoms with Crippen LogP contribution in [0, 0.1) is 10.1 Å². The Labute approximate surface area is 115 Å². The third kappa shape index (κ3) is 3.99. The highest BCUT2D eigenvalue weighted by Gasteiger charge is 2.29. The quantitative estimate of drug-likeness (QED) is 0.201. The maximum absolute atomic E-state index is 10.8. The molecule has 7 nitrogen and oxygen atoms in total. The summed E-state index contributed by atoms with van der Waals surface area (Å²) in [7, 11) is 3.03. The van der Waals surface area contributed by atoms with Gasteiger partial charge in [-0.25, -0.2) is 4.98 Å². The molecule has 0 saturated heterocycles. The lowest BCUT2D eigenvalue weighted by Gasteiger charge is -2.20. The van der Waals surface area contributed by atoms with Crippen LogP contribution in [0.4, 0.5) is 0 Å². The zero-order chi connectivity index (χ0) is 14.4. The van der Waals surface area contributed by atoms with E-state index in [4.69, 9.17) is 11.6 Å². The largest absolute Gasteiger partial charge is 0.353 e. The van der Waals surface area contributed by atoms with E-state index in [0.717, 1.165) is 5.56 Å². The summed E-state index contributed by atoms with van der Waals surface area (Å²) in [5.74, 6) is 0.0925. The van der Waals surface area contributed by atoms with Gasteiger partial charge in [-0.3, -0.25) is 19.9 Å². The molecule has 0 fully saturated rings. The first-order chi connectivity index (χ1) is 8.99. The van der Waals surface area contributed by atoms with Gasteiger partial charge in [0.1, 0.15) is 5.15 Å². The van der Waals surface area contributed by atoms with E-state index >= 15 is 0 Å². The number of pyridine rings is 1. The Hall–Kier alpha value is -2.02. The number of hydrogen-bond donors (Lipinski definition) is 0. The first-order valence-electron chi connectivity index (χ1n) is 5.36. The molecule has 1 heterocycles. The van der Waals surface area contributed by atoms with Crippen molar-refractivity contribution in [1.29, 1.82) is 0 Å². The molecule has 1 atom stereocenters. The predicted octanol–water partition coefficient (Wildman–Crippen LogP) is 1.04. The number of aromatic nitrogens is 1. The Morgan fingerprint density at radius 2 is 2.37 bits per heavy atom.